The van der Waals surface area contributed by atoms with Crippen LogP contribution in [-0.2, 0) is 28.6 Å². The summed E-state index contributed by atoms with van der Waals surface area (Å²) in [5.41, 5.74) is 0. The van der Waals surface area contributed by atoms with Gasteiger partial charge in [-0.15, -0.1) is 0 Å². The molecule has 0 radical (unpaired) electrons. The van der Waals surface area contributed by atoms with Crippen molar-refractivity contribution in [2.24, 2.45) is 0 Å². The number of esters is 3. The van der Waals surface area contributed by atoms with Crippen molar-refractivity contribution in [3.63, 3.8) is 0 Å². The Morgan fingerprint density at radius 1 is 0.300 bits per heavy atom. The fourth-order valence-electron chi connectivity index (χ4n) is 8.73. The molecule has 0 aliphatic carbocycles. The monoisotopic (exact) mass is 979 g/mol. The van der Waals surface area contributed by atoms with Crippen LogP contribution in [0.2, 0.25) is 0 Å². The largest absolute Gasteiger partial charge is 0.462 e. The van der Waals surface area contributed by atoms with Gasteiger partial charge in [-0.25, -0.2) is 0 Å². The first kappa shape index (κ1) is 67.1. The molecule has 0 aromatic rings. The third-order valence-electron chi connectivity index (χ3n) is 13.2. The van der Waals surface area contributed by atoms with Gasteiger partial charge in [-0.05, 0) is 77.0 Å². The van der Waals surface area contributed by atoms with Crippen molar-refractivity contribution in [1.82, 2.24) is 0 Å². The van der Waals surface area contributed by atoms with E-state index in [0.29, 0.717) is 19.3 Å². The minimum absolute atomic E-state index is 0.0725. The van der Waals surface area contributed by atoms with E-state index < -0.39 is 6.10 Å². The Bertz CT molecular complexity index is 1260. The van der Waals surface area contributed by atoms with Crippen LogP contribution in [0.3, 0.4) is 0 Å². The Morgan fingerprint density at radius 2 is 0.586 bits per heavy atom. The maximum atomic E-state index is 12.8. The van der Waals surface area contributed by atoms with E-state index in [0.717, 1.165) is 96.3 Å². The molecule has 0 saturated carbocycles. The third kappa shape index (κ3) is 56.0. The van der Waals surface area contributed by atoms with Gasteiger partial charge in [0.05, 0.1) is 0 Å². The number of hydrogen-bond acceptors (Lipinski definition) is 6. The Labute approximate surface area is 434 Å². The first-order chi connectivity index (χ1) is 34.5. The second-order valence-corrected chi connectivity index (χ2v) is 20.2. The first-order valence-electron chi connectivity index (χ1n) is 30.3. The molecule has 0 spiro atoms. The molecule has 406 valence electrons. The van der Waals surface area contributed by atoms with Crippen LogP contribution in [0.25, 0.3) is 0 Å². The average Bonchev–Trinajstić information content (AvgIpc) is 3.36. The van der Waals surface area contributed by atoms with Crippen molar-refractivity contribution >= 4 is 17.9 Å². The second kappa shape index (κ2) is 58.7. The molecule has 6 nitrogen and oxygen atoms in total. The summed E-state index contributed by atoms with van der Waals surface area (Å²) in [5.74, 6) is -0.870. The van der Waals surface area contributed by atoms with Crippen LogP contribution in [0, 0.1) is 0 Å². The Kier molecular flexibility index (Phi) is 56.3. The van der Waals surface area contributed by atoms with Gasteiger partial charge in [0, 0.05) is 19.3 Å². The molecule has 0 fully saturated rings. The Morgan fingerprint density at radius 3 is 0.943 bits per heavy atom. The summed E-state index contributed by atoms with van der Waals surface area (Å²) >= 11 is 0. The van der Waals surface area contributed by atoms with Crippen molar-refractivity contribution in [1.29, 1.82) is 0 Å². The fourth-order valence-corrected chi connectivity index (χ4v) is 8.73. The van der Waals surface area contributed by atoms with Crippen LogP contribution in [0.1, 0.15) is 310 Å². The number of unbranched alkanes of at least 4 members (excludes halogenated alkanes) is 34. The zero-order chi connectivity index (χ0) is 50.7. The lowest BCUT2D eigenvalue weighted by molar-refractivity contribution is -0.167. The molecule has 0 aromatic carbocycles. The summed E-state index contributed by atoms with van der Waals surface area (Å²) in [5, 5.41) is 0. The third-order valence-corrected chi connectivity index (χ3v) is 13.2. The summed E-state index contributed by atoms with van der Waals surface area (Å²) in [6, 6.07) is 0. The van der Waals surface area contributed by atoms with Crippen LogP contribution < -0.4 is 0 Å². The molecule has 0 aliphatic rings. The summed E-state index contributed by atoms with van der Waals surface area (Å²) < 4.78 is 16.8. The minimum atomic E-state index is -0.772. The normalized spacial score (nSPS) is 12.4. The van der Waals surface area contributed by atoms with Gasteiger partial charge in [-0.3, -0.25) is 14.4 Å². The average molecular weight is 980 g/mol. The van der Waals surface area contributed by atoms with Crippen LogP contribution in [-0.4, -0.2) is 37.2 Å². The van der Waals surface area contributed by atoms with E-state index in [2.05, 4.69) is 81.5 Å². The number of rotatable bonds is 55. The number of hydrogen-bond donors (Lipinski definition) is 0. The van der Waals surface area contributed by atoms with Gasteiger partial charge in [0.2, 0.25) is 0 Å². The highest BCUT2D eigenvalue weighted by molar-refractivity contribution is 5.71. The van der Waals surface area contributed by atoms with Gasteiger partial charge >= 0.3 is 17.9 Å². The minimum Gasteiger partial charge on any atom is -0.462 e. The molecule has 0 heterocycles. The van der Waals surface area contributed by atoms with E-state index in [1.54, 1.807) is 0 Å². The number of ether oxygens (including phenoxy) is 3. The highest BCUT2D eigenvalue weighted by Gasteiger charge is 2.19. The van der Waals surface area contributed by atoms with Crippen LogP contribution in [0.15, 0.2) is 60.8 Å². The highest BCUT2D eigenvalue weighted by atomic mass is 16.6. The quantitative estimate of drug-likeness (QED) is 0.0261. The molecular weight excluding hydrogens is 865 g/mol. The summed E-state index contributed by atoms with van der Waals surface area (Å²) in [6.45, 7) is 6.49. The van der Waals surface area contributed by atoms with Gasteiger partial charge in [0.1, 0.15) is 13.2 Å². The van der Waals surface area contributed by atoms with E-state index >= 15 is 0 Å². The Hall–Kier alpha value is -2.89. The van der Waals surface area contributed by atoms with Gasteiger partial charge in [0.25, 0.3) is 0 Å². The maximum absolute atomic E-state index is 12.8. The standard InChI is InChI=1S/C64H114O6/c1-4-7-10-13-16-19-22-24-25-26-27-28-29-30-31-32-33-34-35-36-37-38-39-41-42-45-48-51-54-57-63(66)69-60-61(59-68-62(65)56-53-50-47-44-21-18-15-12-9-6-3)70-64(67)58-55-52-49-46-43-40-23-20-17-14-11-8-5-2/h7,10,12,15-16,19,24-25,27-28,61H,4-6,8-9,11,13-14,17-18,20-23,26,29-60H2,1-3H3/b10-7-,15-12-,19-16-,25-24-,28-27-. The van der Waals surface area contributed by atoms with Gasteiger partial charge in [-0.2, -0.15) is 0 Å². The molecular formula is C64H114O6. The number of carbonyl (C=O) groups is 3. The molecule has 6 heteroatoms. The van der Waals surface area contributed by atoms with E-state index in [4.69, 9.17) is 14.2 Å². The summed E-state index contributed by atoms with van der Waals surface area (Å²) in [7, 11) is 0. The fraction of sp³-hybridized carbons (Fsp3) is 0.797. The van der Waals surface area contributed by atoms with E-state index in [9.17, 15) is 14.4 Å². The molecule has 0 rings (SSSR count). The highest BCUT2D eigenvalue weighted by Crippen LogP contribution is 2.17. The first-order valence-corrected chi connectivity index (χ1v) is 30.3. The lowest BCUT2D eigenvalue weighted by Gasteiger charge is -2.18. The summed E-state index contributed by atoms with van der Waals surface area (Å²) in [4.78, 5) is 38.1. The van der Waals surface area contributed by atoms with Crippen molar-refractivity contribution in [2.75, 3.05) is 13.2 Å². The molecule has 70 heavy (non-hydrogen) atoms. The predicted octanol–water partition coefficient (Wildman–Crippen LogP) is 20.4. The van der Waals surface area contributed by atoms with Gasteiger partial charge in [0.15, 0.2) is 6.10 Å². The van der Waals surface area contributed by atoms with Gasteiger partial charge in [-0.1, -0.05) is 274 Å². The molecule has 1 unspecified atom stereocenters. The predicted molar refractivity (Wildman–Crippen MR) is 302 cm³/mol. The van der Waals surface area contributed by atoms with Crippen LogP contribution >= 0.6 is 0 Å². The van der Waals surface area contributed by atoms with Crippen molar-refractivity contribution < 1.29 is 28.6 Å². The molecule has 0 saturated heterocycles. The molecule has 0 aliphatic heterocycles. The SMILES string of the molecule is CC/C=C\C/C=C\C/C=C\C/C=C\CCCCCCCCCCCCCCCCCCC(=O)OCC(COC(=O)CCCCCCC/C=C\CCC)OC(=O)CCCCCCCCCCCCCCC. The van der Waals surface area contributed by atoms with E-state index in [1.807, 2.05) is 0 Å². The lowest BCUT2D eigenvalue weighted by Crippen LogP contribution is -2.30. The molecule has 1 atom stereocenters. The Balaban J connectivity index is 4.10. The van der Waals surface area contributed by atoms with Crippen LogP contribution in [0.4, 0.5) is 0 Å². The summed E-state index contributed by atoms with van der Waals surface area (Å²) in [6.07, 6.45) is 73.8. The smallest absolute Gasteiger partial charge is 0.306 e. The van der Waals surface area contributed by atoms with E-state index in [1.165, 1.54) is 173 Å². The van der Waals surface area contributed by atoms with Gasteiger partial charge < -0.3 is 14.2 Å². The number of carbonyl (C=O) groups excluding carboxylic acids is 3. The zero-order valence-corrected chi connectivity index (χ0v) is 46.5. The molecule has 0 aromatic heterocycles. The molecule has 0 amide bonds. The van der Waals surface area contributed by atoms with Crippen molar-refractivity contribution in [3.05, 3.63) is 60.8 Å². The second-order valence-electron chi connectivity index (χ2n) is 20.2. The molecule has 0 bridgehead atoms. The maximum Gasteiger partial charge on any atom is 0.306 e. The van der Waals surface area contributed by atoms with Crippen molar-refractivity contribution in [3.8, 4) is 0 Å². The van der Waals surface area contributed by atoms with E-state index in [-0.39, 0.29) is 31.1 Å². The number of allylic oxidation sites excluding steroid dienone is 10. The van der Waals surface area contributed by atoms with Crippen LogP contribution in [0.5, 0.6) is 0 Å². The molecule has 0 N–H and O–H groups in total. The zero-order valence-electron chi connectivity index (χ0n) is 46.5. The lowest BCUT2D eigenvalue weighted by atomic mass is 10.0. The van der Waals surface area contributed by atoms with Crippen molar-refractivity contribution in [2.45, 2.75) is 316 Å². The topological polar surface area (TPSA) is 78.9 Å².